The van der Waals surface area contributed by atoms with Crippen LogP contribution in [0.1, 0.15) is 58.1 Å². The lowest BCUT2D eigenvalue weighted by Gasteiger charge is -2.24. The number of carbonyl (C=O) groups excluding carboxylic acids is 2. The summed E-state index contributed by atoms with van der Waals surface area (Å²) in [5, 5.41) is 8.97. The zero-order chi connectivity index (χ0) is 28.4. The largest absolute Gasteiger partial charge is 0.493 e. The zero-order valence-corrected chi connectivity index (χ0v) is 24.9. The first-order chi connectivity index (χ1) is 18.0. The molecule has 0 heterocycles. The Labute approximate surface area is 239 Å². The summed E-state index contributed by atoms with van der Waals surface area (Å²) in [6.45, 7) is 9.94. The molecule has 0 unspecified atom stereocenters. The molecule has 40 heavy (non-hydrogen) atoms. The van der Waals surface area contributed by atoms with E-state index in [0.717, 1.165) is 16.8 Å². The number of hydrogen-bond donors (Lipinski definition) is 3. The van der Waals surface area contributed by atoms with Gasteiger partial charge in [-0.3, -0.25) is 9.59 Å². The minimum Gasteiger partial charge on any atom is -0.493 e. The molecule has 7 N–H and O–H groups in total. The normalized spacial score (nSPS) is 12.8. The van der Waals surface area contributed by atoms with Gasteiger partial charge in [0.15, 0.2) is 11.5 Å². The van der Waals surface area contributed by atoms with Gasteiger partial charge in [-0.1, -0.05) is 39.8 Å². The number of amides is 2. The van der Waals surface area contributed by atoms with Crippen molar-refractivity contribution in [1.29, 1.82) is 0 Å². The summed E-state index contributed by atoms with van der Waals surface area (Å²) in [7, 11) is 10.7. The van der Waals surface area contributed by atoms with Crippen molar-refractivity contribution in [2.24, 2.45) is 5.92 Å². The molecule has 0 saturated heterocycles. The maximum atomic E-state index is 13.5. The second-order valence-electron chi connectivity index (χ2n) is 10.2. The number of benzene rings is 2. The van der Waals surface area contributed by atoms with Crippen LogP contribution in [0.3, 0.4) is 0 Å². The Hall–Kier alpha value is -3.44. The van der Waals surface area contributed by atoms with E-state index in [1.54, 1.807) is 28.3 Å². The van der Waals surface area contributed by atoms with E-state index in [4.69, 9.17) is 22.1 Å². The first-order valence-corrected chi connectivity index (χ1v) is 13.0. The van der Waals surface area contributed by atoms with Gasteiger partial charge in [-0.15, -0.1) is 0 Å². The Balaban J connectivity index is 0.00000760. The number of carbonyl (C=O) groups is 2. The molecule has 0 aliphatic carbocycles. The number of nitrogens with one attached hydrogen (secondary N) is 3. The number of methoxy groups -OCH3 is 3. The molecule has 2 aromatic rings. The van der Waals surface area contributed by atoms with Crippen molar-refractivity contribution in [3.05, 3.63) is 47.5 Å². The van der Waals surface area contributed by atoms with Gasteiger partial charge in [0.05, 0.1) is 29.2 Å². The predicted molar refractivity (Wildman–Crippen MR) is 160 cm³/mol. The van der Waals surface area contributed by atoms with Gasteiger partial charge in [0.1, 0.15) is 12.1 Å². The van der Waals surface area contributed by atoms with Crippen molar-refractivity contribution in [2.75, 3.05) is 26.6 Å². The van der Waals surface area contributed by atoms with Gasteiger partial charge < -0.3 is 41.1 Å². The van der Waals surface area contributed by atoms with Crippen LogP contribution < -0.4 is 30.2 Å². The Morgan fingerprint density at radius 1 is 0.850 bits per heavy atom. The van der Waals surface area contributed by atoms with Crippen LogP contribution in [-0.4, -0.2) is 70.0 Å². The molecule has 2 amide bonds. The molecule has 11 heteroatoms. The molecular formula is C29H46BN3O7. The number of anilines is 1. The minimum atomic E-state index is -0.771. The fraction of sp³-hybridized carbons (Fsp3) is 0.517. The highest BCUT2D eigenvalue weighted by Gasteiger charge is 2.25. The van der Waals surface area contributed by atoms with Gasteiger partial charge in [0, 0.05) is 12.1 Å². The first-order valence-electron chi connectivity index (χ1n) is 13.0. The number of rotatable bonds is 14. The van der Waals surface area contributed by atoms with Gasteiger partial charge >= 0.3 is 0 Å². The highest BCUT2D eigenvalue weighted by atomic mass is 16.5. The van der Waals surface area contributed by atoms with Crippen LogP contribution in [0.15, 0.2) is 36.4 Å². The van der Waals surface area contributed by atoms with Crippen LogP contribution >= 0.6 is 0 Å². The average Bonchev–Trinajstić information content (AvgIpc) is 2.87. The maximum Gasteiger partial charge on any atom is 0.243 e. The summed E-state index contributed by atoms with van der Waals surface area (Å²) in [6, 6.07) is 10.1. The Bertz CT molecular complexity index is 1060. The van der Waals surface area contributed by atoms with E-state index >= 15 is 0 Å². The summed E-state index contributed by atoms with van der Waals surface area (Å²) in [6.07, 6.45) is 0.944. The van der Waals surface area contributed by atoms with Crippen LogP contribution in [-0.2, 0) is 16.0 Å². The van der Waals surface area contributed by atoms with Crippen molar-refractivity contribution in [3.63, 3.8) is 0 Å². The standard InChI is InChI=1S/C29H42BN3O5.2H2O/c1-17(2)12-26(30)33-28(34)19(5)31-29(35)23(32-22-11-9-10-21(16-22)18(3)4)13-20-14-24(36-6)27(38-8)25(15-20)37-7;;/h9-11,14-19,23,26,32H,12-13H2,1-8H3,(H,31,35)(H,33,34);2*1H2/t19-,23-,26-;;/m0../s1. The highest BCUT2D eigenvalue weighted by Crippen LogP contribution is 2.38. The lowest BCUT2D eigenvalue weighted by Crippen LogP contribution is -2.52. The maximum absolute atomic E-state index is 13.5. The van der Waals surface area contributed by atoms with E-state index in [9.17, 15) is 9.59 Å². The molecule has 2 rings (SSSR count). The third kappa shape index (κ3) is 10.6. The molecule has 0 bridgehead atoms. The summed E-state index contributed by atoms with van der Waals surface area (Å²) in [5.74, 6) is 0.994. The van der Waals surface area contributed by atoms with Crippen LogP contribution in [0.2, 0.25) is 0 Å². The molecule has 3 atom stereocenters. The third-order valence-corrected chi connectivity index (χ3v) is 6.18. The van der Waals surface area contributed by atoms with E-state index in [1.165, 1.54) is 0 Å². The van der Waals surface area contributed by atoms with Crippen molar-refractivity contribution in [1.82, 2.24) is 10.6 Å². The Morgan fingerprint density at radius 2 is 1.45 bits per heavy atom. The summed E-state index contributed by atoms with van der Waals surface area (Å²) in [4.78, 5) is 26.2. The topological polar surface area (TPSA) is 161 Å². The van der Waals surface area contributed by atoms with Crippen LogP contribution in [0.25, 0.3) is 0 Å². The molecule has 0 aliphatic heterocycles. The van der Waals surface area contributed by atoms with Crippen LogP contribution in [0.4, 0.5) is 5.69 Å². The molecule has 0 saturated carbocycles. The lowest BCUT2D eigenvalue weighted by molar-refractivity contribution is -0.129. The van der Waals surface area contributed by atoms with Crippen LogP contribution in [0.5, 0.6) is 17.2 Å². The molecule has 2 aromatic carbocycles. The molecule has 2 radical (unpaired) electrons. The molecule has 0 aromatic heterocycles. The number of ether oxygens (including phenoxy) is 3. The highest BCUT2D eigenvalue weighted by molar-refractivity contribution is 6.13. The lowest BCUT2D eigenvalue weighted by atomic mass is 9.88. The van der Waals surface area contributed by atoms with E-state index in [1.807, 2.05) is 44.2 Å². The van der Waals surface area contributed by atoms with Crippen molar-refractivity contribution in [2.45, 2.75) is 71.4 Å². The Kier molecular flexibility index (Phi) is 15.8. The van der Waals surface area contributed by atoms with E-state index < -0.39 is 18.0 Å². The predicted octanol–water partition coefficient (Wildman–Crippen LogP) is 2.37. The van der Waals surface area contributed by atoms with E-state index in [-0.39, 0.29) is 22.8 Å². The Morgan fingerprint density at radius 3 is 1.95 bits per heavy atom. The van der Waals surface area contributed by atoms with Gasteiger partial charge in [-0.25, -0.2) is 0 Å². The van der Waals surface area contributed by atoms with Crippen LogP contribution in [0, 0.1) is 5.92 Å². The second kappa shape index (κ2) is 17.3. The third-order valence-electron chi connectivity index (χ3n) is 6.18. The minimum absolute atomic E-state index is 0. The summed E-state index contributed by atoms with van der Waals surface area (Å²) >= 11 is 0. The zero-order valence-electron chi connectivity index (χ0n) is 24.9. The van der Waals surface area contributed by atoms with E-state index in [0.29, 0.717) is 41.9 Å². The van der Waals surface area contributed by atoms with E-state index in [2.05, 4.69) is 35.9 Å². The van der Waals surface area contributed by atoms with Gasteiger partial charge in [-0.2, -0.15) is 0 Å². The second-order valence-corrected chi connectivity index (χ2v) is 10.2. The van der Waals surface area contributed by atoms with Gasteiger partial charge in [0.25, 0.3) is 0 Å². The monoisotopic (exact) mass is 559 g/mol. The number of hydrogen-bond acceptors (Lipinski definition) is 6. The quantitative estimate of drug-likeness (QED) is 0.301. The molecule has 0 spiro atoms. The van der Waals surface area contributed by atoms with Gasteiger partial charge in [0.2, 0.25) is 17.6 Å². The van der Waals surface area contributed by atoms with Crippen molar-refractivity contribution in [3.8, 4) is 17.2 Å². The fourth-order valence-corrected chi connectivity index (χ4v) is 4.14. The average molecular weight is 560 g/mol. The fourth-order valence-electron chi connectivity index (χ4n) is 4.14. The van der Waals surface area contributed by atoms with Gasteiger partial charge in [-0.05, 0) is 66.5 Å². The van der Waals surface area contributed by atoms with Crippen molar-refractivity contribution >= 4 is 25.3 Å². The summed E-state index contributed by atoms with van der Waals surface area (Å²) < 4.78 is 16.4. The smallest absolute Gasteiger partial charge is 0.243 e. The molecule has 0 fully saturated rings. The molecule has 0 aliphatic rings. The molecule has 10 nitrogen and oxygen atoms in total. The molecular weight excluding hydrogens is 513 g/mol. The SMILES string of the molecule is O.O.[B][C@H](CC(C)C)NC(=O)[C@H](C)NC(=O)[C@H](Cc1cc(OC)c(OC)c(OC)c1)Nc1cccc(C(C)C)c1. The first kappa shape index (κ1) is 36.6. The van der Waals surface area contributed by atoms with Crippen molar-refractivity contribution < 1.29 is 34.8 Å². The summed E-state index contributed by atoms with van der Waals surface area (Å²) in [5.41, 5.74) is 2.75. The molecule has 222 valence electrons.